The van der Waals surface area contributed by atoms with E-state index < -0.39 is 0 Å². The number of hydrogen-bond acceptors (Lipinski definition) is 1. The van der Waals surface area contributed by atoms with E-state index in [-0.39, 0.29) is 0 Å². The molecule has 17 heavy (non-hydrogen) atoms. The van der Waals surface area contributed by atoms with Crippen LogP contribution in [0.1, 0.15) is 25.3 Å². The second-order valence-electron chi connectivity index (χ2n) is 4.23. The molecule has 0 heterocycles. The van der Waals surface area contributed by atoms with Crippen molar-refractivity contribution in [2.75, 3.05) is 0 Å². The number of rotatable bonds is 3. The van der Waals surface area contributed by atoms with Gasteiger partial charge in [-0.25, -0.2) is 0 Å². The topological polar surface area (TPSA) is 9.23 Å². The molecule has 2 aromatic rings. The molecule has 0 fully saturated rings. The van der Waals surface area contributed by atoms with Crippen LogP contribution < -0.4 is 4.74 Å². The minimum absolute atomic E-state index is 0.425. The van der Waals surface area contributed by atoms with Crippen molar-refractivity contribution in [3.05, 3.63) is 59.1 Å². The highest BCUT2D eigenvalue weighted by Crippen LogP contribution is 2.33. The average Bonchev–Trinajstić information content (AvgIpc) is 2.32. The fourth-order valence-corrected chi connectivity index (χ4v) is 1.87. The van der Waals surface area contributed by atoms with Gasteiger partial charge in [0.25, 0.3) is 0 Å². The predicted molar refractivity (Wildman–Crippen MR) is 72.1 cm³/mol. The first-order valence-electron chi connectivity index (χ1n) is 5.70. The van der Waals surface area contributed by atoms with Crippen LogP contribution in [0, 0.1) is 0 Å². The first kappa shape index (κ1) is 12.0. The molecule has 2 aromatic carbocycles. The minimum atomic E-state index is 0.425. The summed E-state index contributed by atoms with van der Waals surface area (Å²) in [5.74, 6) is 1.99. The fourth-order valence-electron chi connectivity index (χ4n) is 1.70. The van der Waals surface area contributed by atoms with Crippen molar-refractivity contribution in [3.63, 3.8) is 0 Å². The summed E-state index contributed by atoms with van der Waals surface area (Å²) in [6.45, 7) is 4.30. The summed E-state index contributed by atoms with van der Waals surface area (Å²) in [4.78, 5) is 0. The largest absolute Gasteiger partial charge is 0.456 e. The van der Waals surface area contributed by atoms with E-state index in [1.807, 2.05) is 42.5 Å². The summed E-state index contributed by atoms with van der Waals surface area (Å²) in [7, 11) is 0. The van der Waals surface area contributed by atoms with Gasteiger partial charge < -0.3 is 4.74 Å². The highest BCUT2D eigenvalue weighted by molar-refractivity contribution is 6.32. The lowest BCUT2D eigenvalue weighted by atomic mass is 10.0. The Morgan fingerprint density at radius 3 is 2.12 bits per heavy atom. The number of ether oxygens (including phenoxy) is 1. The van der Waals surface area contributed by atoms with Gasteiger partial charge in [0, 0.05) is 0 Å². The van der Waals surface area contributed by atoms with Crippen LogP contribution in [0.25, 0.3) is 0 Å². The Morgan fingerprint density at radius 2 is 1.47 bits per heavy atom. The Labute approximate surface area is 107 Å². The van der Waals surface area contributed by atoms with Crippen molar-refractivity contribution < 1.29 is 4.74 Å². The number of halogens is 1. The summed E-state index contributed by atoms with van der Waals surface area (Å²) in [6, 6.07) is 15.6. The molecule has 0 radical (unpaired) electrons. The fraction of sp³-hybridized carbons (Fsp3) is 0.200. The van der Waals surface area contributed by atoms with Gasteiger partial charge in [0.2, 0.25) is 0 Å². The lowest BCUT2D eigenvalue weighted by Gasteiger charge is -2.14. The van der Waals surface area contributed by atoms with Gasteiger partial charge in [-0.3, -0.25) is 0 Å². The highest BCUT2D eigenvalue weighted by Gasteiger charge is 2.09. The molecule has 0 saturated carbocycles. The maximum atomic E-state index is 6.08. The van der Waals surface area contributed by atoms with E-state index in [1.54, 1.807) is 0 Å². The third kappa shape index (κ3) is 2.80. The first-order valence-corrected chi connectivity index (χ1v) is 6.07. The van der Waals surface area contributed by atoms with Crippen LogP contribution in [-0.2, 0) is 0 Å². The van der Waals surface area contributed by atoms with Crippen molar-refractivity contribution in [3.8, 4) is 11.5 Å². The third-order valence-corrected chi connectivity index (χ3v) is 2.91. The molecular formula is C15H15ClO. The number of benzene rings is 2. The van der Waals surface area contributed by atoms with Crippen molar-refractivity contribution in [2.45, 2.75) is 19.8 Å². The third-order valence-electron chi connectivity index (χ3n) is 2.60. The molecular weight excluding hydrogens is 232 g/mol. The van der Waals surface area contributed by atoms with E-state index in [2.05, 4.69) is 19.9 Å². The Hall–Kier alpha value is -1.47. The Balaban J connectivity index is 2.34. The molecule has 0 aromatic heterocycles. The van der Waals surface area contributed by atoms with Crippen LogP contribution in [-0.4, -0.2) is 0 Å². The van der Waals surface area contributed by atoms with Crippen LogP contribution in [0.3, 0.4) is 0 Å². The summed E-state index contributed by atoms with van der Waals surface area (Å²) in [5, 5.41) is 0.631. The van der Waals surface area contributed by atoms with Crippen LogP contribution >= 0.6 is 11.6 Å². The lowest BCUT2D eigenvalue weighted by Crippen LogP contribution is -1.93. The van der Waals surface area contributed by atoms with E-state index in [1.165, 1.54) is 5.56 Å². The molecule has 0 bridgehead atoms. The molecule has 0 aliphatic carbocycles. The maximum Gasteiger partial charge on any atom is 0.146 e. The molecule has 2 heteroatoms. The summed E-state index contributed by atoms with van der Waals surface area (Å²) in [6.07, 6.45) is 0. The van der Waals surface area contributed by atoms with Gasteiger partial charge in [-0.2, -0.15) is 0 Å². The van der Waals surface area contributed by atoms with Gasteiger partial charge in [0.15, 0.2) is 0 Å². The molecule has 88 valence electrons. The van der Waals surface area contributed by atoms with Gasteiger partial charge in [0.05, 0.1) is 5.02 Å². The van der Waals surface area contributed by atoms with Crippen LogP contribution in [0.5, 0.6) is 11.5 Å². The van der Waals surface area contributed by atoms with Crippen LogP contribution in [0.4, 0.5) is 0 Å². The quantitative estimate of drug-likeness (QED) is 0.718. The summed E-state index contributed by atoms with van der Waals surface area (Å²) >= 11 is 6.08. The molecule has 0 unspecified atom stereocenters. The monoisotopic (exact) mass is 246 g/mol. The van der Waals surface area contributed by atoms with E-state index in [0.29, 0.717) is 16.7 Å². The second kappa shape index (κ2) is 5.24. The van der Waals surface area contributed by atoms with Gasteiger partial charge in [0.1, 0.15) is 11.5 Å². The normalized spacial score (nSPS) is 10.6. The Morgan fingerprint density at radius 1 is 0.882 bits per heavy atom. The standard InChI is InChI=1S/C15H15ClO/c1-11(2)12-7-3-5-9-14(12)17-15-10-6-4-8-13(15)16/h3-11H,1-2H3. The number of hydrogen-bond donors (Lipinski definition) is 0. The van der Waals surface area contributed by atoms with E-state index in [4.69, 9.17) is 16.3 Å². The van der Waals surface area contributed by atoms with E-state index in [0.717, 1.165) is 5.75 Å². The van der Waals surface area contributed by atoms with Gasteiger partial charge >= 0.3 is 0 Å². The van der Waals surface area contributed by atoms with Crippen molar-refractivity contribution in [2.24, 2.45) is 0 Å². The molecule has 0 aliphatic rings. The second-order valence-corrected chi connectivity index (χ2v) is 4.63. The molecule has 0 atom stereocenters. The van der Waals surface area contributed by atoms with Crippen LogP contribution in [0.2, 0.25) is 5.02 Å². The molecule has 0 aliphatic heterocycles. The zero-order chi connectivity index (χ0) is 12.3. The zero-order valence-electron chi connectivity index (χ0n) is 9.98. The maximum absolute atomic E-state index is 6.08. The van der Waals surface area contributed by atoms with Crippen molar-refractivity contribution in [1.82, 2.24) is 0 Å². The zero-order valence-corrected chi connectivity index (χ0v) is 10.7. The lowest BCUT2D eigenvalue weighted by molar-refractivity contribution is 0.473. The van der Waals surface area contributed by atoms with Crippen molar-refractivity contribution in [1.29, 1.82) is 0 Å². The molecule has 0 N–H and O–H groups in total. The van der Waals surface area contributed by atoms with Gasteiger partial charge in [-0.15, -0.1) is 0 Å². The SMILES string of the molecule is CC(C)c1ccccc1Oc1ccccc1Cl. The predicted octanol–water partition coefficient (Wildman–Crippen LogP) is 5.26. The first-order chi connectivity index (χ1) is 8.18. The minimum Gasteiger partial charge on any atom is -0.456 e. The molecule has 0 saturated heterocycles. The van der Waals surface area contributed by atoms with Gasteiger partial charge in [-0.05, 0) is 29.7 Å². The Kier molecular flexibility index (Phi) is 3.70. The molecule has 2 rings (SSSR count). The summed E-state index contributed by atoms with van der Waals surface area (Å²) in [5.41, 5.74) is 1.19. The van der Waals surface area contributed by atoms with Crippen LogP contribution in [0.15, 0.2) is 48.5 Å². The van der Waals surface area contributed by atoms with Gasteiger partial charge in [-0.1, -0.05) is 55.8 Å². The van der Waals surface area contributed by atoms with E-state index in [9.17, 15) is 0 Å². The van der Waals surface area contributed by atoms with Crippen molar-refractivity contribution >= 4 is 11.6 Å². The van der Waals surface area contributed by atoms with E-state index >= 15 is 0 Å². The molecule has 1 nitrogen and oxygen atoms in total. The average molecular weight is 247 g/mol. The Bertz CT molecular complexity index is 506. The molecule has 0 spiro atoms. The smallest absolute Gasteiger partial charge is 0.146 e. The molecule has 0 amide bonds. The number of para-hydroxylation sites is 2. The summed E-state index contributed by atoms with van der Waals surface area (Å²) < 4.78 is 5.87. The highest BCUT2D eigenvalue weighted by atomic mass is 35.5.